The summed E-state index contributed by atoms with van der Waals surface area (Å²) in [7, 11) is 0. The summed E-state index contributed by atoms with van der Waals surface area (Å²) in [5.41, 5.74) is 0. The highest BCUT2D eigenvalue weighted by atomic mass is 19.4. The van der Waals surface area contributed by atoms with Crippen molar-refractivity contribution in [2.45, 2.75) is 24.9 Å². The number of hydrogen-bond acceptors (Lipinski definition) is 4. The lowest BCUT2D eigenvalue weighted by molar-refractivity contribution is -0.274. The van der Waals surface area contributed by atoms with Crippen LogP contribution in [0.15, 0.2) is 25.3 Å². The van der Waals surface area contributed by atoms with Gasteiger partial charge in [-0.25, -0.2) is 14.0 Å². The molecule has 21 heavy (non-hydrogen) atoms. The van der Waals surface area contributed by atoms with Crippen molar-refractivity contribution in [2.75, 3.05) is 0 Å². The molecular formula is C10H9F7O4. The van der Waals surface area contributed by atoms with Crippen molar-refractivity contribution in [3.8, 4) is 0 Å². The Morgan fingerprint density at radius 2 is 1.48 bits per heavy atom. The lowest BCUT2D eigenvalue weighted by atomic mass is 10.2. The van der Waals surface area contributed by atoms with Gasteiger partial charge in [-0.1, -0.05) is 13.2 Å². The third-order valence-electron chi connectivity index (χ3n) is 1.42. The maximum atomic E-state index is 12.4. The van der Waals surface area contributed by atoms with Crippen molar-refractivity contribution in [1.29, 1.82) is 0 Å². The van der Waals surface area contributed by atoms with Gasteiger partial charge in [0.1, 0.15) is 0 Å². The van der Waals surface area contributed by atoms with Crippen LogP contribution < -0.4 is 0 Å². The van der Waals surface area contributed by atoms with Crippen LogP contribution in [0.2, 0.25) is 0 Å². The van der Waals surface area contributed by atoms with E-state index in [0.717, 1.165) is 6.08 Å². The first kappa shape index (κ1) is 21.2. The van der Waals surface area contributed by atoms with Gasteiger partial charge >= 0.3 is 24.2 Å². The third-order valence-corrected chi connectivity index (χ3v) is 1.42. The lowest BCUT2D eigenvalue weighted by Crippen LogP contribution is -2.38. The Kier molecular flexibility index (Phi) is 9.07. The first-order valence-electron chi connectivity index (χ1n) is 4.78. The predicted octanol–water partition coefficient (Wildman–Crippen LogP) is 3.20. The van der Waals surface area contributed by atoms with E-state index < -0.39 is 36.8 Å². The molecule has 0 aromatic carbocycles. The number of carbonyl (C=O) groups excluding carboxylic acids is 2. The summed E-state index contributed by atoms with van der Waals surface area (Å²) < 4.78 is 85.4. The van der Waals surface area contributed by atoms with Crippen LogP contribution in [0.4, 0.5) is 30.9 Å². The molecule has 0 aliphatic heterocycles. The monoisotopic (exact) mass is 326 g/mol. The molecule has 0 heterocycles. The van der Waals surface area contributed by atoms with Crippen LogP contribution in [0.1, 0.15) is 6.42 Å². The number of halogens is 7. The Morgan fingerprint density at radius 3 is 1.71 bits per heavy atom. The Morgan fingerprint density at radius 1 is 1.05 bits per heavy atom. The minimum absolute atomic E-state index is 0.286. The molecule has 0 aromatic heterocycles. The van der Waals surface area contributed by atoms with Crippen LogP contribution >= 0.6 is 0 Å². The topological polar surface area (TPSA) is 52.6 Å². The second-order valence-electron chi connectivity index (χ2n) is 3.07. The second kappa shape index (κ2) is 8.97. The lowest BCUT2D eigenvalue weighted by Gasteiger charge is -2.20. The molecule has 0 radical (unpaired) electrons. The predicted molar refractivity (Wildman–Crippen MR) is 54.2 cm³/mol. The van der Waals surface area contributed by atoms with E-state index in [1.807, 2.05) is 0 Å². The van der Waals surface area contributed by atoms with Crippen molar-refractivity contribution < 1.29 is 50.1 Å². The Labute approximate surface area is 113 Å². The average molecular weight is 326 g/mol. The van der Waals surface area contributed by atoms with E-state index in [2.05, 4.69) is 22.8 Å². The van der Waals surface area contributed by atoms with E-state index in [1.54, 1.807) is 0 Å². The van der Waals surface area contributed by atoms with Crippen LogP contribution in [-0.4, -0.2) is 30.4 Å². The van der Waals surface area contributed by atoms with Gasteiger partial charge in [0.05, 0.1) is 6.42 Å². The van der Waals surface area contributed by atoms with Crippen LogP contribution in [-0.2, 0) is 19.3 Å². The molecular weight excluding hydrogens is 317 g/mol. The molecule has 11 heteroatoms. The first-order chi connectivity index (χ1) is 9.39. The van der Waals surface area contributed by atoms with Gasteiger partial charge in [-0.2, -0.15) is 22.0 Å². The van der Waals surface area contributed by atoms with E-state index >= 15 is 0 Å². The summed E-state index contributed by atoms with van der Waals surface area (Å²) in [6.45, 7) is 5.64. The minimum Gasteiger partial charge on any atom is -0.395 e. The fraction of sp³-hybridized carbons (Fsp3) is 0.400. The Balaban J connectivity index is 0. The molecule has 0 aromatic rings. The number of rotatable bonds is 5. The summed E-state index contributed by atoms with van der Waals surface area (Å²) in [5, 5.41) is 0. The van der Waals surface area contributed by atoms with Crippen LogP contribution in [0.5, 0.6) is 0 Å². The summed E-state index contributed by atoms with van der Waals surface area (Å²) >= 11 is 0. The van der Waals surface area contributed by atoms with Crippen molar-refractivity contribution in [1.82, 2.24) is 0 Å². The van der Waals surface area contributed by atoms with E-state index in [1.165, 1.54) is 0 Å². The zero-order chi connectivity index (χ0) is 17.3. The smallest absolute Gasteiger partial charge is 0.395 e. The second-order valence-corrected chi connectivity index (χ2v) is 3.07. The van der Waals surface area contributed by atoms with Crippen LogP contribution in [0.3, 0.4) is 0 Å². The standard InChI is InChI=1S/C7H6F6O2.C3H3FO2/c1-2-5(14)15-7(12,13)4(8)3-6(9,10)11;1-2-3(5)6-4/h2,4H,1,3H2;2H,1H2. The zero-order valence-electron chi connectivity index (χ0n) is 10.1. The normalized spacial score (nSPS) is 12.3. The summed E-state index contributed by atoms with van der Waals surface area (Å²) in [6, 6.07) is 0. The van der Waals surface area contributed by atoms with Gasteiger partial charge in [-0.05, 0) is 0 Å². The van der Waals surface area contributed by atoms with Crippen molar-refractivity contribution in [3.63, 3.8) is 0 Å². The van der Waals surface area contributed by atoms with Gasteiger partial charge in [0.15, 0.2) is 0 Å². The maximum absolute atomic E-state index is 12.4. The quantitative estimate of drug-likeness (QED) is 0.442. The molecule has 1 atom stereocenters. The van der Waals surface area contributed by atoms with Gasteiger partial charge in [0.2, 0.25) is 6.17 Å². The zero-order valence-corrected chi connectivity index (χ0v) is 10.1. The van der Waals surface area contributed by atoms with Crippen LogP contribution in [0, 0.1) is 0 Å². The van der Waals surface area contributed by atoms with Crippen molar-refractivity contribution >= 4 is 11.9 Å². The minimum atomic E-state index is -5.11. The Bertz CT molecular complexity index is 378. The summed E-state index contributed by atoms with van der Waals surface area (Å²) in [4.78, 5) is 22.3. The maximum Gasteiger partial charge on any atom is 0.432 e. The van der Waals surface area contributed by atoms with Crippen molar-refractivity contribution in [2.24, 2.45) is 0 Å². The SMILES string of the molecule is C=CC(=O)OC(F)(F)C(F)CC(F)(F)F.C=CC(=O)OF. The first-order valence-corrected chi connectivity index (χ1v) is 4.78. The molecule has 0 saturated carbocycles. The number of carbonyl (C=O) groups is 2. The highest BCUT2D eigenvalue weighted by Gasteiger charge is 2.49. The van der Waals surface area contributed by atoms with E-state index in [4.69, 9.17) is 0 Å². The molecule has 122 valence electrons. The van der Waals surface area contributed by atoms with Crippen LogP contribution in [0.25, 0.3) is 0 Å². The number of ether oxygens (including phenoxy) is 1. The van der Waals surface area contributed by atoms with E-state index in [-0.39, 0.29) is 6.08 Å². The molecule has 0 amide bonds. The number of esters is 1. The van der Waals surface area contributed by atoms with E-state index in [9.17, 15) is 40.5 Å². The summed E-state index contributed by atoms with van der Waals surface area (Å²) in [5.74, 6) is -2.76. The third kappa shape index (κ3) is 11.5. The summed E-state index contributed by atoms with van der Waals surface area (Å²) in [6.07, 6.45) is -14.9. The molecule has 0 aliphatic carbocycles. The molecule has 0 rings (SSSR count). The number of alkyl halides is 6. The van der Waals surface area contributed by atoms with Crippen molar-refractivity contribution in [3.05, 3.63) is 25.3 Å². The molecule has 0 saturated heterocycles. The van der Waals surface area contributed by atoms with Gasteiger partial charge in [0, 0.05) is 16.7 Å². The number of hydrogen-bond donors (Lipinski definition) is 0. The fourth-order valence-corrected chi connectivity index (χ4v) is 0.593. The molecule has 0 fully saturated rings. The van der Waals surface area contributed by atoms with Gasteiger partial charge in [-0.3, -0.25) is 4.94 Å². The van der Waals surface area contributed by atoms with Gasteiger partial charge in [-0.15, -0.1) is 0 Å². The molecule has 0 spiro atoms. The van der Waals surface area contributed by atoms with Gasteiger partial charge < -0.3 is 4.74 Å². The molecule has 1 unspecified atom stereocenters. The average Bonchev–Trinajstić information content (AvgIpc) is 2.35. The molecule has 0 N–H and O–H groups in total. The molecule has 0 aliphatic rings. The fourth-order valence-electron chi connectivity index (χ4n) is 0.593. The van der Waals surface area contributed by atoms with Gasteiger partial charge in [0.25, 0.3) is 0 Å². The highest BCUT2D eigenvalue weighted by Crippen LogP contribution is 2.32. The molecule has 4 nitrogen and oxygen atoms in total. The largest absolute Gasteiger partial charge is 0.432 e. The van der Waals surface area contributed by atoms with E-state index in [0.29, 0.717) is 0 Å². The molecule has 0 bridgehead atoms. The Hall–Kier alpha value is -2.07. The highest BCUT2D eigenvalue weighted by molar-refractivity contribution is 5.81.